The van der Waals surface area contributed by atoms with Crippen LogP contribution in [0.5, 0.6) is 0 Å². The van der Waals surface area contributed by atoms with E-state index in [1.165, 1.54) is 18.8 Å². The van der Waals surface area contributed by atoms with Gasteiger partial charge in [-0.1, -0.05) is 13.8 Å². The molecule has 0 aromatic rings. The Hall–Kier alpha value is 0.270. The molecule has 2 atom stereocenters. The standard InChI is InChI=1S/C11H24N2S/c1-9(2)11-8-13(5-6-14-4)10(3)7-12-11/h9-12H,5-8H2,1-4H3. The van der Waals surface area contributed by atoms with Crippen LogP contribution in [-0.4, -0.2) is 48.6 Å². The van der Waals surface area contributed by atoms with Crippen molar-refractivity contribution in [3.8, 4) is 0 Å². The quantitative estimate of drug-likeness (QED) is 0.769. The highest BCUT2D eigenvalue weighted by Gasteiger charge is 2.25. The smallest absolute Gasteiger partial charge is 0.0218 e. The van der Waals surface area contributed by atoms with Crippen molar-refractivity contribution in [3.63, 3.8) is 0 Å². The van der Waals surface area contributed by atoms with Gasteiger partial charge >= 0.3 is 0 Å². The maximum absolute atomic E-state index is 3.63. The van der Waals surface area contributed by atoms with E-state index in [2.05, 4.69) is 37.2 Å². The van der Waals surface area contributed by atoms with E-state index in [0.29, 0.717) is 12.1 Å². The van der Waals surface area contributed by atoms with Crippen molar-refractivity contribution in [1.29, 1.82) is 0 Å². The third kappa shape index (κ3) is 3.44. The molecule has 0 aromatic heterocycles. The van der Waals surface area contributed by atoms with Crippen LogP contribution in [-0.2, 0) is 0 Å². The highest BCUT2D eigenvalue weighted by molar-refractivity contribution is 7.98. The van der Waals surface area contributed by atoms with E-state index < -0.39 is 0 Å². The minimum atomic E-state index is 0.688. The molecule has 1 heterocycles. The van der Waals surface area contributed by atoms with Gasteiger partial charge in [0.2, 0.25) is 0 Å². The minimum absolute atomic E-state index is 0.688. The van der Waals surface area contributed by atoms with E-state index in [4.69, 9.17) is 0 Å². The fourth-order valence-electron chi connectivity index (χ4n) is 1.91. The summed E-state index contributed by atoms with van der Waals surface area (Å²) in [6, 6.07) is 1.39. The summed E-state index contributed by atoms with van der Waals surface area (Å²) in [6.45, 7) is 10.6. The molecule has 0 radical (unpaired) electrons. The van der Waals surface area contributed by atoms with E-state index in [-0.39, 0.29) is 0 Å². The van der Waals surface area contributed by atoms with E-state index in [1.807, 2.05) is 11.8 Å². The Labute approximate surface area is 92.8 Å². The zero-order chi connectivity index (χ0) is 10.6. The van der Waals surface area contributed by atoms with Crippen molar-refractivity contribution in [2.45, 2.75) is 32.9 Å². The number of hydrogen-bond acceptors (Lipinski definition) is 3. The summed E-state index contributed by atoms with van der Waals surface area (Å²) in [5.74, 6) is 2.01. The third-order valence-corrected chi connectivity index (χ3v) is 3.71. The SMILES string of the molecule is CSCCN1CC(C(C)C)NCC1C. The van der Waals surface area contributed by atoms with Crippen molar-refractivity contribution in [3.05, 3.63) is 0 Å². The molecule has 0 aromatic carbocycles. The number of rotatable bonds is 4. The fourth-order valence-corrected chi connectivity index (χ4v) is 2.33. The predicted octanol–water partition coefficient (Wildman–Crippen LogP) is 1.67. The molecule has 1 rings (SSSR count). The van der Waals surface area contributed by atoms with Gasteiger partial charge in [0, 0.05) is 37.5 Å². The molecule has 0 saturated carbocycles. The second-order valence-electron chi connectivity index (χ2n) is 4.60. The van der Waals surface area contributed by atoms with Gasteiger partial charge in [0.25, 0.3) is 0 Å². The van der Waals surface area contributed by atoms with Gasteiger partial charge in [-0.2, -0.15) is 11.8 Å². The molecule has 1 fully saturated rings. The lowest BCUT2D eigenvalue weighted by molar-refractivity contribution is 0.131. The van der Waals surface area contributed by atoms with E-state index in [0.717, 1.165) is 12.5 Å². The first-order chi connectivity index (χ1) is 6.65. The second-order valence-corrected chi connectivity index (χ2v) is 5.58. The normalized spacial score (nSPS) is 29.8. The molecule has 2 unspecified atom stereocenters. The predicted molar refractivity (Wildman–Crippen MR) is 66.0 cm³/mol. The molecule has 0 bridgehead atoms. The molecule has 0 amide bonds. The summed E-state index contributed by atoms with van der Waals surface area (Å²) >= 11 is 1.94. The molecule has 3 heteroatoms. The van der Waals surface area contributed by atoms with Crippen molar-refractivity contribution in [2.24, 2.45) is 5.92 Å². The van der Waals surface area contributed by atoms with Crippen LogP contribution in [0.3, 0.4) is 0 Å². The van der Waals surface area contributed by atoms with E-state index in [1.54, 1.807) is 0 Å². The van der Waals surface area contributed by atoms with E-state index >= 15 is 0 Å². The van der Waals surface area contributed by atoms with Crippen molar-refractivity contribution >= 4 is 11.8 Å². The van der Waals surface area contributed by atoms with Gasteiger partial charge in [0.05, 0.1) is 0 Å². The van der Waals surface area contributed by atoms with Crippen LogP contribution in [0.1, 0.15) is 20.8 Å². The Bertz CT molecular complexity index is 161. The van der Waals surface area contributed by atoms with Crippen LogP contribution in [0, 0.1) is 5.92 Å². The van der Waals surface area contributed by atoms with E-state index in [9.17, 15) is 0 Å². The Morgan fingerprint density at radius 1 is 1.50 bits per heavy atom. The lowest BCUT2D eigenvalue weighted by Crippen LogP contribution is -2.57. The Kier molecular flexibility index (Phi) is 5.28. The maximum atomic E-state index is 3.63. The van der Waals surface area contributed by atoms with Crippen molar-refractivity contribution in [2.75, 3.05) is 31.6 Å². The molecular formula is C11H24N2S. The molecule has 84 valence electrons. The van der Waals surface area contributed by atoms with Crippen LogP contribution < -0.4 is 5.32 Å². The summed E-state index contributed by atoms with van der Waals surface area (Å²) in [7, 11) is 0. The molecule has 1 aliphatic heterocycles. The Morgan fingerprint density at radius 3 is 2.79 bits per heavy atom. The number of thioether (sulfide) groups is 1. The van der Waals surface area contributed by atoms with Crippen LogP contribution in [0.2, 0.25) is 0 Å². The zero-order valence-electron chi connectivity index (χ0n) is 9.92. The fraction of sp³-hybridized carbons (Fsp3) is 1.00. The van der Waals surface area contributed by atoms with Crippen LogP contribution >= 0.6 is 11.8 Å². The molecule has 0 aliphatic carbocycles. The maximum Gasteiger partial charge on any atom is 0.0218 e. The number of hydrogen-bond donors (Lipinski definition) is 1. The summed E-state index contributed by atoms with van der Waals surface area (Å²) in [4.78, 5) is 2.62. The highest BCUT2D eigenvalue weighted by Crippen LogP contribution is 2.12. The zero-order valence-corrected chi connectivity index (χ0v) is 10.7. The first-order valence-corrected chi connectivity index (χ1v) is 7.01. The van der Waals surface area contributed by atoms with Gasteiger partial charge < -0.3 is 5.32 Å². The van der Waals surface area contributed by atoms with Gasteiger partial charge in [0.1, 0.15) is 0 Å². The monoisotopic (exact) mass is 216 g/mol. The summed E-state index contributed by atoms with van der Waals surface area (Å²) in [5.41, 5.74) is 0. The Balaban J connectivity index is 2.38. The molecule has 2 nitrogen and oxygen atoms in total. The highest BCUT2D eigenvalue weighted by atomic mass is 32.2. The average molecular weight is 216 g/mol. The first kappa shape index (κ1) is 12.3. The molecule has 14 heavy (non-hydrogen) atoms. The lowest BCUT2D eigenvalue weighted by Gasteiger charge is -2.40. The van der Waals surface area contributed by atoms with Crippen LogP contribution in [0.15, 0.2) is 0 Å². The van der Waals surface area contributed by atoms with Crippen LogP contribution in [0.4, 0.5) is 0 Å². The lowest BCUT2D eigenvalue weighted by atomic mass is 10.00. The topological polar surface area (TPSA) is 15.3 Å². The van der Waals surface area contributed by atoms with Gasteiger partial charge in [-0.25, -0.2) is 0 Å². The number of piperazine rings is 1. The summed E-state index contributed by atoms with van der Waals surface area (Å²) in [6.07, 6.45) is 2.19. The number of nitrogens with zero attached hydrogens (tertiary/aromatic N) is 1. The summed E-state index contributed by atoms with van der Waals surface area (Å²) < 4.78 is 0. The summed E-state index contributed by atoms with van der Waals surface area (Å²) in [5, 5.41) is 3.63. The second kappa shape index (κ2) is 5.99. The minimum Gasteiger partial charge on any atom is -0.311 e. The first-order valence-electron chi connectivity index (χ1n) is 5.61. The van der Waals surface area contributed by atoms with Gasteiger partial charge in [-0.15, -0.1) is 0 Å². The molecule has 1 saturated heterocycles. The Morgan fingerprint density at radius 2 is 2.21 bits per heavy atom. The van der Waals surface area contributed by atoms with Crippen LogP contribution in [0.25, 0.3) is 0 Å². The van der Waals surface area contributed by atoms with Gasteiger partial charge in [-0.05, 0) is 19.1 Å². The third-order valence-electron chi connectivity index (χ3n) is 3.12. The van der Waals surface area contributed by atoms with Crippen molar-refractivity contribution < 1.29 is 0 Å². The molecule has 1 N–H and O–H groups in total. The van der Waals surface area contributed by atoms with Gasteiger partial charge in [0.15, 0.2) is 0 Å². The largest absolute Gasteiger partial charge is 0.311 e. The van der Waals surface area contributed by atoms with Gasteiger partial charge in [-0.3, -0.25) is 4.90 Å². The number of nitrogens with one attached hydrogen (secondary N) is 1. The molecular weight excluding hydrogens is 192 g/mol. The average Bonchev–Trinajstić information content (AvgIpc) is 2.16. The van der Waals surface area contributed by atoms with Crippen molar-refractivity contribution in [1.82, 2.24) is 10.2 Å². The molecule has 1 aliphatic rings. The molecule has 0 spiro atoms.